The van der Waals surface area contributed by atoms with E-state index < -0.39 is 11.9 Å². The highest BCUT2D eigenvalue weighted by atomic mass is 79.9. The van der Waals surface area contributed by atoms with Crippen molar-refractivity contribution >= 4 is 61.3 Å². The molecule has 0 amide bonds. The van der Waals surface area contributed by atoms with Gasteiger partial charge in [0.25, 0.3) is 0 Å². The van der Waals surface area contributed by atoms with Crippen molar-refractivity contribution in [2.75, 3.05) is 0 Å². The Morgan fingerprint density at radius 1 is 1.30 bits per heavy atom. The Hall–Kier alpha value is -2.10. The predicted molar refractivity (Wildman–Crippen MR) is 104 cm³/mol. The number of aromatic nitrogens is 3. The Balaban J connectivity index is 1.91. The number of hydrogen-bond donors (Lipinski definition) is 0. The van der Waals surface area contributed by atoms with Gasteiger partial charge in [-0.1, -0.05) is 11.6 Å². The van der Waals surface area contributed by atoms with E-state index in [2.05, 4.69) is 46.9 Å². The maximum Gasteiger partial charge on any atom is 0.241 e. The van der Waals surface area contributed by atoms with E-state index in [-0.39, 0.29) is 5.90 Å². The van der Waals surface area contributed by atoms with E-state index in [1.54, 1.807) is 24.4 Å². The van der Waals surface area contributed by atoms with Crippen LogP contribution >= 0.6 is 43.5 Å². The van der Waals surface area contributed by atoms with Crippen LogP contribution < -0.4 is 0 Å². The molecule has 1 aliphatic rings. The van der Waals surface area contributed by atoms with Crippen LogP contribution in [-0.4, -0.2) is 26.9 Å². The summed E-state index contributed by atoms with van der Waals surface area (Å²) >= 11 is 12.8. The molecule has 3 heterocycles. The van der Waals surface area contributed by atoms with Crippen molar-refractivity contribution in [1.29, 1.82) is 0 Å². The number of nitrogens with zero attached hydrogens (tertiary/aromatic N) is 4. The summed E-state index contributed by atoms with van der Waals surface area (Å²) in [6.45, 7) is 0. The van der Waals surface area contributed by atoms with Crippen LogP contribution in [0.3, 0.4) is 0 Å². The Bertz CT molecular complexity index is 1100. The third kappa shape index (κ3) is 3.30. The minimum absolute atomic E-state index is 0.131. The van der Waals surface area contributed by atoms with Crippen LogP contribution in [0.25, 0.3) is 5.82 Å². The van der Waals surface area contributed by atoms with Gasteiger partial charge in [0.15, 0.2) is 18.2 Å². The Morgan fingerprint density at radius 3 is 2.85 bits per heavy atom. The number of aliphatic imine (C=N–C) groups is 1. The molecule has 0 aliphatic carbocycles. The van der Waals surface area contributed by atoms with Crippen LogP contribution in [0, 0.1) is 5.82 Å². The van der Waals surface area contributed by atoms with Gasteiger partial charge in [-0.15, -0.1) is 0 Å². The zero-order valence-electron chi connectivity index (χ0n) is 13.2. The maximum atomic E-state index is 13.7. The monoisotopic (exact) mass is 512 g/mol. The van der Waals surface area contributed by atoms with E-state index in [9.17, 15) is 9.18 Å². The normalized spacial score (nSPS) is 15.7. The molecule has 0 spiro atoms. The van der Waals surface area contributed by atoms with Gasteiger partial charge in [0.1, 0.15) is 16.1 Å². The molecular formula is C17H8Br2ClFN4O2. The third-order valence-corrected chi connectivity index (χ3v) is 5.07. The quantitative estimate of drug-likeness (QED) is 0.465. The summed E-state index contributed by atoms with van der Waals surface area (Å²) in [6.07, 6.45) is 1.15. The fourth-order valence-electron chi connectivity index (χ4n) is 2.65. The summed E-state index contributed by atoms with van der Waals surface area (Å²) in [7, 11) is 0. The summed E-state index contributed by atoms with van der Waals surface area (Å²) in [5.74, 6) is 0.00685. The summed E-state index contributed by atoms with van der Waals surface area (Å²) in [4.78, 5) is 20.2. The zero-order chi connectivity index (χ0) is 19.1. The molecule has 0 N–H and O–H groups in total. The SMILES string of the molecule is O=CC1OC(c2cc(Br)nn2-c2ncccc2Cl)=Nc2c(Br)cc(F)cc21. The highest BCUT2D eigenvalue weighted by Gasteiger charge is 2.29. The highest BCUT2D eigenvalue weighted by molar-refractivity contribution is 9.10. The number of rotatable bonds is 3. The van der Waals surface area contributed by atoms with Crippen LogP contribution in [0.2, 0.25) is 5.02 Å². The van der Waals surface area contributed by atoms with Gasteiger partial charge < -0.3 is 4.74 Å². The van der Waals surface area contributed by atoms with E-state index in [1.807, 2.05) is 0 Å². The van der Waals surface area contributed by atoms with Crippen molar-refractivity contribution in [3.63, 3.8) is 0 Å². The second-order valence-corrected chi connectivity index (χ2v) is 7.56. The van der Waals surface area contributed by atoms with Gasteiger partial charge in [-0.2, -0.15) is 5.10 Å². The van der Waals surface area contributed by atoms with E-state index in [1.165, 1.54) is 16.8 Å². The van der Waals surface area contributed by atoms with Gasteiger partial charge in [0.2, 0.25) is 5.90 Å². The van der Waals surface area contributed by atoms with Crippen molar-refractivity contribution < 1.29 is 13.9 Å². The lowest BCUT2D eigenvalue weighted by Crippen LogP contribution is -2.21. The van der Waals surface area contributed by atoms with Gasteiger partial charge in [0, 0.05) is 22.3 Å². The molecular weight excluding hydrogens is 506 g/mol. The number of benzene rings is 1. The molecule has 0 radical (unpaired) electrons. The zero-order valence-corrected chi connectivity index (χ0v) is 17.2. The first kappa shape index (κ1) is 18.3. The van der Waals surface area contributed by atoms with Crippen LogP contribution in [0.1, 0.15) is 17.4 Å². The number of fused-ring (bicyclic) bond motifs is 1. The first-order valence-corrected chi connectivity index (χ1v) is 9.50. The smallest absolute Gasteiger partial charge is 0.241 e. The van der Waals surface area contributed by atoms with E-state index in [0.717, 1.165) is 0 Å². The van der Waals surface area contributed by atoms with Crippen molar-refractivity contribution in [1.82, 2.24) is 14.8 Å². The number of carbonyl (C=O) groups is 1. The molecule has 1 unspecified atom stereocenters. The van der Waals surface area contributed by atoms with Gasteiger partial charge >= 0.3 is 0 Å². The van der Waals surface area contributed by atoms with Gasteiger partial charge in [-0.05, 0) is 56.1 Å². The fourth-order valence-corrected chi connectivity index (χ4v) is 3.76. The average molecular weight is 515 g/mol. The topological polar surface area (TPSA) is 69.4 Å². The lowest BCUT2D eigenvalue weighted by atomic mass is 10.1. The number of ether oxygens (including phenoxy) is 1. The molecule has 136 valence electrons. The molecule has 10 heteroatoms. The molecule has 0 saturated carbocycles. The van der Waals surface area contributed by atoms with Gasteiger partial charge in [-0.25, -0.2) is 19.0 Å². The highest BCUT2D eigenvalue weighted by Crippen LogP contribution is 2.39. The lowest BCUT2D eigenvalue weighted by molar-refractivity contribution is -0.114. The number of hydrogen-bond acceptors (Lipinski definition) is 5. The molecule has 0 saturated heterocycles. The van der Waals surface area contributed by atoms with Crippen LogP contribution in [0.4, 0.5) is 10.1 Å². The van der Waals surface area contributed by atoms with Crippen molar-refractivity contribution in [2.24, 2.45) is 4.99 Å². The van der Waals surface area contributed by atoms with Gasteiger partial charge in [0.05, 0.1) is 10.7 Å². The molecule has 0 bridgehead atoms. The average Bonchev–Trinajstić information content (AvgIpc) is 3.03. The molecule has 27 heavy (non-hydrogen) atoms. The van der Waals surface area contributed by atoms with Crippen molar-refractivity contribution in [2.45, 2.75) is 6.10 Å². The Morgan fingerprint density at radius 2 is 2.11 bits per heavy atom. The standard InChI is InChI=1S/C17H8Br2ClFN4O2/c18-10-5-8(21)4-9-13(7-26)27-17(23-15(9)10)12-6-14(19)24-25(12)16-11(20)2-1-3-22-16/h1-7,13H. The van der Waals surface area contributed by atoms with Crippen LogP contribution in [0.5, 0.6) is 0 Å². The van der Waals surface area contributed by atoms with Crippen molar-refractivity contribution in [3.8, 4) is 5.82 Å². The first-order chi connectivity index (χ1) is 13.0. The van der Waals surface area contributed by atoms with E-state index in [0.29, 0.717) is 43.1 Å². The largest absolute Gasteiger partial charge is 0.460 e. The molecule has 0 fully saturated rings. The van der Waals surface area contributed by atoms with Gasteiger partial charge in [-0.3, -0.25) is 4.79 Å². The third-order valence-electron chi connectivity index (χ3n) is 3.78. The number of halogens is 4. The predicted octanol–water partition coefficient (Wildman–Crippen LogP) is 4.93. The summed E-state index contributed by atoms with van der Waals surface area (Å²) in [6, 6.07) is 7.53. The second kappa shape index (κ2) is 7.14. The molecule has 1 atom stereocenters. The number of pyridine rings is 1. The minimum atomic E-state index is -1.01. The molecule has 4 rings (SSSR count). The van der Waals surface area contributed by atoms with Crippen molar-refractivity contribution in [3.05, 3.63) is 67.7 Å². The first-order valence-electron chi connectivity index (χ1n) is 7.54. The Labute approximate surface area is 174 Å². The number of carbonyl (C=O) groups excluding carboxylic acids is 1. The summed E-state index contributed by atoms with van der Waals surface area (Å²) in [5, 5.41) is 4.70. The molecule has 3 aromatic rings. The van der Waals surface area contributed by atoms with E-state index in [4.69, 9.17) is 16.3 Å². The lowest BCUT2D eigenvalue weighted by Gasteiger charge is -2.23. The molecule has 1 aromatic carbocycles. The number of aldehydes is 1. The maximum absolute atomic E-state index is 13.7. The Kier molecular flexibility index (Phi) is 4.83. The minimum Gasteiger partial charge on any atom is -0.460 e. The fraction of sp³-hybridized carbons (Fsp3) is 0.0588. The summed E-state index contributed by atoms with van der Waals surface area (Å²) in [5.41, 5.74) is 1.17. The van der Waals surface area contributed by atoms with E-state index >= 15 is 0 Å². The second-order valence-electron chi connectivity index (χ2n) is 5.49. The van der Waals surface area contributed by atoms with Crippen LogP contribution in [-0.2, 0) is 9.53 Å². The summed E-state index contributed by atoms with van der Waals surface area (Å²) < 4.78 is 21.8. The molecule has 6 nitrogen and oxygen atoms in total. The molecule has 2 aromatic heterocycles. The van der Waals surface area contributed by atoms with Crippen LogP contribution in [0.15, 0.2) is 50.6 Å². The molecule has 1 aliphatic heterocycles.